The van der Waals surface area contributed by atoms with E-state index < -0.39 is 69.2 Å². The van der Waals surface area contributed by atoms with Gasteiger partial charge in [-0.2, -0.15) is 0 Å². The van der Waals surface area contributed by atoms with E-state index in [9.17, 15) is 34.3 Å². The van der Waals surface area contributed by atoms with Gasteiger partial charge in [-0.3, -0.25) is 18.9 Å². The number of Topliss-reactive ketones (excluding diaryl/α,β-unsaturated/α-hetero) is 1. The monoisotopic (exact) mass is 732 g/mol. The molecule has 1 aliphatic rings. The van der Waals surface area contributed by atoms with Crippen molar-refractivity contribution in [2.45, 2.75) is 167 Å². The van der Waals surface area contributed by atoms with Crippen LogP contribution in [0.3, 0.4) is 0 Å². The maximum Gasteiger partial charge on any atom is 0.469 e. The quantitative estimate of drug-likeness (QED) is 0.0236. The molecule has 0 bridgehead atoms. The van der Waals surface area contributed by atoms with Gasteiger partial charge < -0.3 is 34.6 Å². The van der Waals surface area contributed by atoms with E-state index in [0.29, 0.717) is 25.7 Å². The highest BCUT2D eigenvalue weighted by Crippen LogP contribution is 2.37. The number of carbonyl (C=O) groups excluding carboxylic acids is 3. The van der Waals surface area contributed by atoms with E-state index in [1.165, 1.54) is 12.8 Å². The maximum atomic E-state index is 12.7. The SMILES string of the molecule is CCCC/C=C\CCCCCCCC(=O)O[C@H](COC(=O)CCCCC(=O)C[C@@H]1[C@@H](/C=C/[C@@H](O)CCCCC)[C@H](O)C[C@@H]1O)COP(=O)(O)O. The summed E-state index contributed by atoms with van der Waals surface area (Å²) >= 11 is 0. The van der Waals surface area contributed by atoms with Crippen molar-refractivity contribution in [2.24, 2.45) is 11.8 Å². The lowest BCUT2D eigenvalue weighted by atomic mass is 9.87. The fourth-order valence-electron chi connectivity index (χ4n) is 6.00. The summed E-state index contributed by atoms with van der Waals surface area (Å²) in [7, 11) is -4.84. The summed E-state index contributed by atoms with van der Waals surface area (Å²) in [6.45, 7) is 3.18. The number of unbranched alkanes of at least 4 members (excludes halogenated alkanes) is 10. The Hall–Kier alpha value is -1.92. The lowest BCUT2D eigenvalue weighted by Crippen LogP contribution is -2.29. The molecule has 0 spiro atoms. The first kappa shape index (κ1) is 46.1. The Bertz CT molecular complexity index is 1040. The molecule has 0 amide bonds. The number of phosphoric acid groups is 1. The minimum Gasteiger partial charge on any atom is -0.462 e. The van der Waals surface area contributed by atoms with Gasteiger partial charge in [-0.25, -0.2) is 4.57 Å². The molecule has 0 aromatic rings. The number of ether oxygens (including phenoxy) is 2. The Balaban J connectivity index is 2.39. The molecule has 0 unspecified atom stereocenters. The highest BCUT2D eigenvalue weighted by molar-refractivity contribution is 7.46. The van der Waals surface area contributed by atoms with Crippen LogP contribution in [0.4, 0.5) is 0 Å². The molecular weight excluding hydrogens is 667 g/mol. The van der Waals surface area contributed by atoms with Gasteiger partial charge in [0.25, 0.3) is 0 Å². The van der Waals surface area contributed by atoms with Gasteiger partial charge in [0, 0.05) is 43.9 Å². The summed E-state index contributed by atoms with van der Waals surface area (Å²) in [5.74, 6) is -2.18. The van der Waals surface area contributed by atoms with Crippen LogP contribution in [-0.4, -0.2) is 80.5 Å². The van der Waals surface area contributed by atoms with Crippen molar-refractivity contribution in [1.82, 2.24) is 0 Å². The number of aliphatic hydroxyl groups is 3. The molecule has 0 aromatic heterocycles. The summed E-state index contributed by atoms with van der Waals surface area (Å²) in [6.07, 6.45) is 18.3. The summed E-state index contributed by atoms with van der Waals surface area (Å²) < 4.78 is 26.2. The van der Waals surface area contributed by atoms with E-state index in [2.05, 4.69) is 30.5 Å². The Morgan fingerprint density at radius 1 is 0.780 bits per heavy atom. The first-order chi connectivity index (χ1) is 23.9. The summed E-state index contributed by atoms with van der Waals surface area (Å²) in [6, 6.07) is 0. The van der Waals surface area contributed by atoms with Crippen molar-refractivity contribution in [3.8, 4) is 0 Å². The van der Waals surface area contributed by atoms with E-state index in [4.69, 9.17) is 19.3 Å². The molecule has 1 aliphatic carbocycles. The van der Waals surface area contributed by atoms with Gasteiger partial charge >= 0.3 is 19.8 Å². The molecule has 0 heterocycles. The van der Waals surface area contributed by atoms with Gasteiger partial charge in [0.1, 0.15) is 12.4 Å². The predicted octanol–water partition coefficient (Wildman–Crippen LogP) is 6.40. The number of rotatable bonds is 30. The molecule has 0 aromatic carbocycles. The third kappa shape index (κ3) is 23.5. The summed E-state index contributed by atoms with van der Waals surface area (Å²) in [4.78, 5) is 55.5. The van der Waals surface area contributed by atoms with Crippen LogP contribution < -0.4 is 0 Å². The minimum atomic E-state index is -4.84. The van der Waals surface area contributed by atoms with Crippen molar-refractivity contribution in [3.05, 3.63) is 24.3 Å². The van der Waals surface area contributed by atoms with Crippen molar-refractivity contribution >= 4 is 25.5 Å². The lowest BCUT2D eigenvalue weighted by molar-refractivity contribution is -0.161. The van der Waals surface area contributed by atoms with E-state index >= 15 is 0 Å². The topological polar surface area (TPSA) is 197 Å². The first-order valence-corrected chi connectivity index (χ1v) is 20.3. The molecule has 1 fully saturated rings. The number of phosphoric ester groups is 1. The maximum absolute atomic E-state index is 12.7. The summed E-state index contributed by atoms with van der Waals surface area (Å²) in [5, 5.41) is 31.1. The first-order valence-electron chi connectivity index (χ1n) is 18.8. The third-order valence-electron chi connectivity index (χ3n) is 8.92. The second-order valence-corrected chi connectivity index (χ2v) is 14.8. The van der Waals surface area contributed by atoms with E-state index in [0.717, 1.165) is 57.8 Å². The number of esters is 2. The molecule has 1 rings (SSSR count). The number of hydrogen-bond donors (Lipinski definition) is 5. The molecular formula is C37H65O12P. The minimum absolute atomic E-state index is 0.0200. The fraction of sp³-hybridized carbons (Fsp3) is 0.811. The number of ketones is 1. The smallest absolute Gasteiger partial charge is 0.462 e. The van der Waals surface area contributed by atoms with E-state index in [1.54, 1.807) is 12.2 Å². The average molecular weight is 733 g/mol. The molecule has 5 N–H and O–H groups in total. The molecule has 6 atom stereocenters. The van der Waals surface area contributed by atoms with Crippen molar-refractivity contribution in [2.75, 3.05) is 13.2 Å². The largest absolute Gasteiger partial charge is 0.469 e. The second kappa shape index (κ2) is 27.7. The zero-order valence-electron chi connectivity index (χ0n) is 30.4. The summed E-state index contributed by atoms with van der Waals surface area (Å²) in [5.41, 5.74) is 0. The van der Waals surface area contributed by atoms with Crippen molar-refractivity contribution in [1.29, 1.82) is 0 Å². The number of carbonyl (C=O) groups is 3. The van der Waals surface area contributed by atoms with Crippen molar-refractivity contribution in [3.63, 3.8) is 0 Å². The van der Waals surface area contributed by atoms with Crippen LogP contribution >= 0.6 is 7.82 Å². The molecule has 0 saturated heterocycles. The van der Waals surface area contributed by atoms with Crippen LogP contribution in [0.25, 0.3) is 0 Å². The highest BCUT2D eigenvalue weighted by Gasteiger charge is 2.41. The number of aliphatic hydroxyl groups excluding tert-OH is 3. The molecule has 1 saturated carbocycles. The number of allylic oxidation sites excluding steroid dienone is 2. The molecule has 0 aliphatic heterocycles. The number of hydrogen-bond acceptors (Lipinski definition) is 10. The van der Waals surface area contributed by atoms with Crippen LogP contribution in [0.15, 0.2) is 24.3 Å². The third-order valence-corrected chi connectivity index (χ3v) is 9.41. The lowest BCUT2D eigenvalue weighted by Gasteiger charge is -2.20. The van der Waals surface area contributed by atoms with Crippen LogP contribution in [0.5, 0.6) is 0 Å². The predicted molar refractivity (Wildman–Crippen MR) is 191 cm³/mol. The molecule has 50 heavy (non-hydrogen) atoms. The highest BCUT2D eigenvalue weighted by atomic mass is 31.2. The molecule has 0 radical (unpaired) electrons. The van der Waals surface area contributed by atoms with Crippen molar-refractivity contribution < 1.29 is 58.1 Å². The van der Waals surface area contributed by atoms with Gasteiger partial charge in [-0.1, -0.05) is 89.5 Å². The molecule has 290 valence electrons. The van der Waals surface area contributed by atoms with Gasteiger partial charge in [0.05, 0.1) is 24.9 Å². The molecule has 12 nitrogen and oxygen atoms in total. The second-order valence-electron chi connectivity index (χ2n) is 13.5. The van der Waals surface area contributed by atoms with Gasteiger partial charge in [-0.05, 0) is 44.9 Å². The van der Waals surface area contributed by atoms with Crippen LogP contribution in [0, 0.1) is 11.8 Å². The van der Waals surface area contributed by atoms with E-state index in [1.807, 2.05) is 0 Å². The Kier molecular flexibility index (Phi) is 25.5. The Morgan fingerprint density at radius 2 is 1.40 bits per heavy atom. The van der Waals surface area contributed by atoms with Crippen LogP contribution in [-0.2, 0) is 32.9 Å². The zero-order valence-corrected chi connectivity index (χ0v) is 31.3. The Morgan fingerprint density at radius 3 is 2.10 bits per heavy atom. The normalized spacial score (nSPS) is 20.8. The van der Waals surface area contributed by atoms with E-state index in [-0.39, 0.29) is 37.9 Å². The Labute approximate surface area is 299 Å². The zero-order chi connectivity index (χ0) is 37.2. The van der Waals surface area contributed by atoms with Gasteiger partial charge in [0.2, 0.25) is 0 Å². The molecule has 13 heteroatoms. The fourth-order valence-corrected chi connectivity index (χ4v) is 6.36. The standard InChI is InChI=1S/C37H65O12P/c1-3-5-7-8-9-10-11-12-13-14-16-22-37(43)49-31(28-48-50(44,45)46)27-47-36(42)21-18-17-20-30(39)25-33-32(34(40)26-35(33)41)24-23-29(38)19-15-6-4-2/h8-9,23-24,29,31-35,38,40-41H,3-7,10-22,25-28H2,1-2H3,(H2,44,45,46)/b9-8-,24-23+/t29-,31+,32+,33+,34+,35-/m0/s1. The average Bonchev–Trinajstić information content (AvgIpc) is 3.32. The van der Waals surface area contributed by atoms with Crippen LogP contribution in [0.1, 0.15) is 142 Å². The van der Waals surface area contributed by atoms with Gasteiger partial charge in [-0.15, -0.1) is 0 Å². The van der Waals surface area contributed by atoms with Gasteiger partial charge in [0.15, 0.2) is 6.10 Å². The van der Waals surface area contributed by atoms with Crippen LogP contribution in [0.2, 0.25) is 0 Å².